The number of nitrogens with zero attached hydrogens (tertiary/aromatic N) is 2. The second-order valence-electron chi connectivity index (χ2n) is 16.2. The van der Waals surface area contributed by atoms with E-state index >= 15 is 4.79 Å². The van der Waals surface area contributed by atoms with Crippen molar-refractivity contribution in [2.24, 2.45) is 34.5 Å². The van der Waals surface area contributed by atoms with Gasteiger partial charge in [0.1, 0.15) is 23.9 Å². The number of ketones is 1. The zero-order chi connectivity index (χ0) is 39.7. The zero-order valence-corrected chi connectivity index (χ0v) is 31.1. The highest BCUT2D eigenvalue weighted by atomic mass is 16.6. The molecule has 4 fully saturated rings. The molecule has 3 N–H and O–H groups in total. The van der Waals surface area contributed by atoms with Gasteiger partial charge in [0.05, 0.1) is 28.7 Å². The molecule has 14 heteroatoms. The first-order chi connectivity index (χ1) is 25.9. The molecule has 2 heterocycles. The van der Waals surface area contributed by atoms with Gasteiger partial charge in [-0.15, -0.1) is 0 Å². The van der Waals surface area contributed by atoms with Gasteiger partial charge in [-0.05, 0) is 73.9 Å². The Hall–Kier alpha value is -5.05. The molecule has 4 aliphatic rings. The lowest BCUT2D eigenvalue weighted by Crippen LogP contribution is -2.71. The number of rotatable bonds is 8. The normalized spacial score (nSPS) is 38.6. The molecular weight excluding hydrogens is 712 g/mol. The summed E-state index contributed by atoms with van der Waals surface area (Å²) in [5.41, 5.74) is -10.8. The second-order valence-corrected chi connectivity index (χ2v) is 16.2. The van der Waals surface area contributed by atoms with E-state index in [0.29, 0.717) is 0 Å². The molecule has 0 unspecified atom stereocenters. The second kappa shape index (κ2) is 13.3. The zero-order valence-electron chi connectivity index (χ0n) is 31.1. The van der Waals surface area contributed by atoms with Crippen LogP contribution in [0.2, 0.25) is 0 Å². The van der Waals surface area contributed by atoms with E-state index in [0.717, 1.165) is 0 Å². The number of carbonyl (C=O) groups is 5. The van der Waals surface area contributed by atoms with E-state index in [4.69, 9.17) is 18.9 Å². The summed E-state index contributed by atoms with van der Waals surface area (Å²) in [6.45, 7) is 7.14. The standard InChI is InChI=1S/C41H44N2O12/c1-22-18-40(50)35(48)39(5,49)30-29-27(37(29,3)21-52-32(45)25-13-9-15-42-19-25)17-28(53-23(2)44)38(30,4)36(55-33(46)24-11-7-6-8-12-24)41(40,51)31(22)54-34(47)26-14-10-16-43-20-26/h6-16,19-20,22,27-31,36,49-51H,17-18,21H2,1-5H3/t22-,27-,28-,29-,30+,31-,36-,37-,38+,39-,40-,41-/m0/s1. The van der Waals surface area contributed by atoms with E-state index in [1.54, 1.807) is 44.2 Å². The summed E-state index contributed by atoms with van der Waals surface area (Å²) >= 11 is 0. The fraction of sp³-hybridized carbons (Fsp3) is 0.488. The number of benzene rings is 1. The summed E-state index contributed by atoms with van der Waals surface area (Å²) < 4.78 is 24.1. The largest absolute Gasteiger partial charge is 0.462 e. The van der Waals surface area contributed by atoms with Crippen molar-refractivity contribution in [1.82, 2.24) is 9.97 Å². The van der Waals surface area contributed by atoms with Gasteiger partial charge in [0.25, 0.3) is 0 Å². The smallest absolute Gasteiger partial charge is 0.340 e. The molecule has 7 rings (SSSR count). The maximum absolute atomic E-state index is 15.0. The number of fused-ring (bicyclic) bond motifs is 4. The molecule has 1 aromatic carbocycles. The van der Waals surface area contributed by atoms with Crippen molar-refractivity contribution < 1.29 is 58.2 Å². The lowest BCUT2D eigenvalue weighted by molar-refractivity contribution is -0.256. The number of aliphatic hydroxyl groups is 3. The SMILES string of the molecule is CC(=O)O[C@H]1C[C@H]2[C@@H]([C@@H]3[C@]1(C)[C@H](OC(=O)c1ccccc1)[C@@]1(O)[C@@H](OC(=O)c4cccnc4)[C@@H](C)C[C@]1(O)C(=O)[C@@]3(C)O)[C@@]2(C)COC(=O)c1cccnc1. The Labute approximate surface area is 317 Å². The van der Waals surface area contributed by atoms with Crippen molar-refractivity contribution in [2.75, 3.05) is 6.61 Å². The molecule has 0 saturated heterocycles. The van der Waals surface area contributed by atoms with Crippen molar-refractivity contribution in [3.05, 3.63) is 96.1 Å². The van der Waals surface area contributed by atoms with Crippen molar-refractivity contribution in [1.29, 1.82) is 0 Å². The molecule has 0 bridgehead atoms. The number of aromatic nitrogens is 2. The Morgan fingerprint density at radius 2 is 1.38 bits per heavy atom. The lowest BCUT2D eigenvalue weighted by Gasteiger charge is -2.55. The lowest BCUT2D eigenvalue weighted by atomic mass is 9.55. The third-order valence-corrected chi connectivity index (χ3v) is 12.8. The van der Waals surface area contributed by atoms with E-state index in [1.807, 2.05) is 6.92 Å². The maximum Gasteiger partial charge on any atom is 0.340 e. The summed E-state index contributed by atoms with van der Waals surface area (Å²) in [5.74, 6) is -7.78. The van der Waals surface area contributed by atoms with Crippen LogP contribution in [-0.2, 0) is 28.5 Å². The van der Waals surface area contributed by atoms with Gasteiger partial charge in [0, 0.05) is 43.0 Å². The van der Waals surface area contributed by atoms with Gasteiger partial charge in [-0.25, -0.2) is 14.4 Å². The van der Waals surface area contributed by atoms with E-state index in [2.05, 4.69) is 9.97 Å². The number of carbonyl (C=O) groups excluding carboxylic acids is 5. The number of hydrogen-bond acceptors (Lipinski definition) is 14. The number of pyridine rings is 2. The number of ether oxygens (including phenoxy) is 4. The predicted octanol–water partition coefficient (Wildman–Crippen LogP) is 3.13. The van der Waals surface area contributed by atoms with Gasteiger partial charge in [-0.3, -0.25) is 19.6 Å². The van der Waals surface area contributed by atoms with Crippen LogP contribution in [0.1, 0.15) is 78.5 Å². The van der Waals surface area contributed by atoms with Crippen molar-refractivity contribution >= 4 is 29.7 Å². The summed E-state index contributed by atoms with van der Waals surface area (Å²) in [7, 11) is 0. The minimum Gasteiger partial charge on any atom is -0.462 e. The van der Waals surface area contributed by atoms with Crippen LogP contribution >= 0.6 is 0 Å². The van der Waals surface area contributed by atoms with Gasteiger partial charge in [-0.1, -0.05) is 39.0 Å². The molecule has 0 aliphatic heterocycles. The average molecular weight is 757 g/mol. The van der Waals surface area contributed by atoms with Crippen LogP contribution in [0.5, 0.6) is 0 Å². The third kappa shape index (κ3) is 5.75. The molecular formula is C41H44N2O12. The van der Waals surface area contributed by atoms with Crippen LogP contribution in [0.4, 0.5) is 0 Å². The highest BCUT2D eigenvalue weighted by molar-refractivity contribution is 5.98. The Morgan fingerprint density at radius 1 is 0.800 bits per heavy atom. The molecule has 4 aliphatic carbocycles. The summed E-state index contributed by atoms with van der Waals surface area (Å²) in [6, 6.07) is 13.9. The monoisotopic (exact) mass is 756 g/mol. The Kier molecular flexibility index (Phi) is 9.25. The van der Waals surface area contributed by atoms with Crippen LogP contribution in [0.3, 0.4) is 0 Å². The molecule has 55 heavy (non-hydrogen) atoms. The minimum absolute atomic E-state index is 0.00970. The molecule has 0 radical (unpaired) electrons. The first-order valence-electron chi connectivity index (χ1n) is 18.3. The molecule has 12 atom stereocenters. The van der Waals surface area contributed by atoms with Gasteiger partial charge in [-0.2, -0.15) is 0 Å². The first-order valence-corrected chi connectivity index (χ1v) is 18.3. The number of esters is 4. The highest BCUT2D eigenvalue weighted by Gasteiger charge is 2.86. The quantitative estimate of drug-likeness (QED) is 0.223. The molecule has 0 spiro atoms. The van der Waals surface area contributed by atoms with E-state index in [9.17, 15) is 34.5 Å². The van der Waals surface area contributed by atoms with Gasteiger partial charge in [0.2, 0.25) is 0 Å². The Morgan fingerprint density at radius 3 is 1.96 bits per heavy atom. The summed E-state index contributed by atoms with van der Waals surface area (Å²) in [6.07, 6.45) is 0.237. The average Bonchev–Trinajstić information content (AvgIpc) is 3.68. The summed E-state index contributed by atoms with van der Waals surface area (Å²) in [5, 5.41) is 38.8. The van der Waals surface area contributed by atoms with Crippen LogP contribution in [0.25, 0.3) is 0 Å². The molecule has 290 valence electrons. The van der Waals surface area contributed by atoms with E-state index in [1.165, 1.54) is 62.9 Å². The highest BCUT2D eigenvalue weighted by Crippen LogP contribution is 2.76. The Balaban J connectivity index is 1.40. The van der Waals surface area contributed by atoms with Gasteiger partial charge >= 0.3 is 23.9 Å². The summed E-state index contributed by atoms with van der Waals surface area (Å²) in [4.78, 5) is 76.8. The fourth-order valence-corrected chi connectivity index (χ4v) is 10.4. The van der Waals surface area contributed by atoms with Crippen LogP contribution < -0.4 is 0 Å². The molecule has 2 aromatic heterocycles. The minimum atomic E-state index is -2.91. The molecule has 14 nitrogen and oxygen atoms in total. The van der Waals surface area contributed by atoms with Gasteiger partial charge in [0.15, 0.2) is 17.0 Å². The van der Waals surface area contributed by atoms with Crippen molar-refractivity contribution in [3.63, 3.8) is 0 Å². The predicted molar refractivity (Wildman–Crippen MR) is 190 cm³/mol. The Bertz CT molecular complexity index is 2010. The van der Waals surface area contributed by atoms with Crippen LogP contribution in [0.15, 0.2) is 79.4 Å². The molecule has 3 aromatic rings. The number of Topliss-reactive ketones (excluding diaryl/α,β-unsaturated/α-hetero) is 1. The number of hydrogen-bond donors (Lipinski definition) is 3. The van der Waals surface area contributed by atoms with Crippen LogP contribution in [0, 0.1) is 34.5 Å². The third-order valence-electron chi connectivity index (χ3n) is 12.8. The van der Waals surface area contributed by atoms with Crippen LogP contribution in [-0.4, -0.2) is 96.7 Å². The van der Waals surface area contributed by atoms with Crippen molar-refractivity contribution in [3.8, 4) is 0 Å². The molecule has 0 amide bonds. The van der Waals surface area contributed by atoms with Crippen molar-refractivity contribution in [2.45, 2.75) is 82.6 Å². The topological polar surface area (TPSA) is 209 Å². The van der Waals surface area contributed by atoms with E-state index in [-0.39, 0.29) is 29.7 Å². The fourth-order valence-electron chi connectivity index (χ4n) is 10.4. The maximum atomic E-state index is 15.0. The molecule has 4 saturated carbocycles. The first kappa shape index (κ1) is 38.2. The van der Waals surface area contributed by atoms with Gasteiger partial charge < -0.3 is 34.3 Å². The van der Waals surface area contributed by atoms with E-state index < -0.39 is 106 Å².